The number of sulfone groups is 1. The average Bonchev–Trinajstić information content (AvgIpc) is 2.13. The zero-order valence-electron chi connectivity index (χ0n) is 9.17. The molecule has 0 fully saturated rings. The maximum atomic E-state index is 11.9. The van der Waals surface area contributed by atoms with E-state index >= 15 is 0 Å². The normalized spacial score (nSPS) is 12.7. The number of rotatable bonds is 4. The Morgan fingerprint density at radius 2 is 1.89 bits per heavy atom. The van der Waals surface area contributed by atoms with Gasteiger partial charge in [-0.2, -0.15) is 13.2 Å². The molecule has 0 atom stereocenters. The highest BCUT2D eigenvalue weighted by molar-refractivity contribution is 7.91. The molecule has 0 heterocycles. The first-order chi connectivity index (χ1) is 8.12. The van der Waals surface area contributed by atoms with Crippen LogP contribution in [0.15, 0.2) is 23.1 Å². The van der Waals surface area contributed by atoms with Crippen LogP contribution in [0.25, 0.3) is 0 Å². The smallest absolute Gasteiger partial charge is 0.389 e. The number of halogens is 4. The van der Waals surface area contributed by atoms with Crippen molar-refractivity contribution in [3.8, 4) is 0 Å². The van der Waals surface area contributed by atoms with Crippen molar-refractivity contribution < 1.29 is 21.6 Å². The molecule has 3 nitrogen and oxygen atoms in total. The van der Waals surface area contributed by atoms with Crippen molar-refractivity contribution in [3.05, 3.63) is 23.2 Å². The van der Waals surface area contributed by atoms with Gasteiger partial charge in [-0.25, -0.2) is 8.42 Å². The van der Waals surface area contributed by atoms with E-state index in [2.05, 4.69) is 0 Å². The fraction of sp³-hybridized carbons (Fsp3) is 0.400. The van der Waals surface area contributed by atoms with E-state index in [1.807, 2.05) is 0 Å². The molecule has 0 bridgehead atoms. The van der Waals surface area contributed by atoms with Gasteiger partial charge in [0.05, 0.1) is 16.3 Å². The number of nitrogens with two attached hydrogens (primary N) is 1. The number of hydrogen-bond donors (Lipinski definition) is 1. The van der Waals surface area contributed by atoms with Gasteiger partial charge in [0.2, 0.25) is 0 Å². The van der Waals surface area contributed by atoms with Crippen LogP contribution in [0.4, 0.5) is 18.9 Å². The average molecular weight is 302 g/mol. The van der Waals surface area contributed by atoms with Crippen molar-refractivity contribution in [2.24, 2.45) is 0 Å². The Kier molecular flexibility index (Phi) is 4.50. The van der Waals surface area contributed by atoms with Crippen molar-refractivity contribution in [2.75, 3.05) is 11.5 Å². The molecule has 8 heteroatoms. The van der Waals surface area contributed by atoms with Crippen molar-refractivity contribution in [3.63, 3.8) is 0 Å². The summed E-state index contributed by atoms with van der Waals surface area (Å²) in [6.07, 6.45) is -5.99. The largest absolute Gasteiger partial charge is 0.398 e. The molecule has 18 heavy (non-hydrogen) atoms. The first kappa shape index (κ1) is 15.1. The summed E-state index contributed by atoms with van der Waals surface area (Å²) in [4.78, 5) is -0.186. The summed E-state index contributed by atoms with van der Waals surface area (Å²) in [6.45, 7) is 0. The number of alkyl halides is 3. The van der Waals surface area contributed by atoms with Gasteiger partial charge in [0.25, 0.3) is 0 Å². The lowest BCUT2D eigenvalue weighted by Gasteiger charge is -2.09. The van der Waals surface area contributed by atoms with Crippen LogP contribution in [0.3, 0.4) is 0 Å². The fourth-order valence-electron chi connectivity index (χ4n) is 1.38. The van der Waals surface area contributed by atoms with E-state index in [0.717, 1.165) is 0 Å². The van der Waals surface area contributed by atoms with Gasteiger partial charge in [-0.05, 0) is 24.6 Å². The van der Waals surface area contributed by atoms with Crippen molar-refractivity contribution in [2.45, 2.75) is 23.9 Å². The monoisotopic (exact) mass is 301 g/mol. The van der Waals surface area contributed by atoms with Crippen LogP contribution in [-0.2, 0) is 9.84 Å². The van der Waals surface area contributed by atoms with Crippen LogP contribution in [-0.4, -0.2) is 20.3 Å². The summed E-state index contributed by atoms with van der Waals surface area (Å²) in [5.74, 6) is -0.599. The van der Waals surface area contributed by atoms with Crippen molar-refractivity contribution >= 4 is 27.1 Å². The van der Waals surface area contributed by atoms with Crippen molar-refractivity contribution in [1.82, 2.24) is 0 Å². The quantitative estimate of drug-likeness (QED) is 0.870. The third-order valence-electron chi connectivity index (χ3n) is 2.18. The second-order valence-corrected chi connectivity index (χ2v) is 6.23. The van der Waals surface area contributed by atoms with Gasteiger partial charge in [-0.3, -0.25) is 0 Å². The van der Waals surface area contributed by atoms with E-state index in [9.17, 15) is 21.6 Å². The molecular weight excluding hydrogens is 291 g/mol. The zero-order valence-corrected chi connectivity index (χ0v) is 10.7. The third-order valence-corrected chi connectivity index (χ3v) is 4.28. The molecule has 2 N–H and O–H groups in total. The Hall–Kier alpha value is -0.950. The molecule has 0 aliphatic heterocycles. The SMILES string of the molecule is Nc1cc(Cl)ccc1S(=O)(=O)CCCC(F)(F)F. The molecule has 1 aromatic rings. The van der Waals surface area contributed by atoms with Gasteiger partial charge in [0.1, 0.15) is 0 Å². The number of anilines is 1. The molecule has 0 saturated carbocycles. The molecule has 1 aromatic carbocycles. The Morgan fingerprint density at radius 3 is 2.39 bits per heavy atom. The molecule has 1 rings (SSSR count). The highest BCUT2D eigenvalue weighted by Crippen LogP contribution is 2.26. The Labute approximate surface area is 108 Å². The second-order valence-electron chi connectivity index (χ2n) is 3.72. The van der Waals surface area contributed by atoms with E-state index in [0.29, 0.717) is 0 Å². The summed E-state index contributed by atoms with van der Waals surface area (Å²) >= 11 is 5.61. The molecule has 0 amide bonds. The van der Waals surface area contributed by atoms with E-state index < -0.39 is 34.6 Å². The van der Waals surface area contributed by atoms with Gasteiger partial charge in [0.15, 0.2) is 9.84 Å². The van der Waals surface area contributed by atoms with Crippen LogP contribution in [0.5, 0.6) is 0 Å². The van der Waals surface area contributed by atoms with Gasteiger partial charge < -0.3 is 5.73 Å². The Morgan fingerprint density at radius 1 is 1.28 bits per heavy atom. The molecule has 0 aliphatic carbocycles. The molecule has 0 aromatic heterocycles. The fourth-order valence-corrected chi connectivity index (χ4v) is 2.99. The molecule has 0 unspecified atom stereocenters. The lowest BCUT2D eigenvalue weighted by atomic mass is 10.3. The predicted molar refractivity (Wildman–Crippen MR) is 63.2 cm³/mol. The van der Waals surface area contributed by atoms with Gasteiger partial charge >= 0.3 is 6.18 Å². The minimum absolute atomic E-state index is 0.0606. The molecule has 0 saturated heterocycles. The summed E-state index contributed by atoms with van der Waals surface area (Å²) in [6, 6.07) is 3.77. The second kappa shape index (κ2) is 5.36. The summed E-state index contributed by atoms with van der Waals surface area (Å²) in [5, 5.41) is 0.266. The lowest BCUT2D eigenvalue weighted by Crippen LogP contribution is -2.13. The van der Waals surface area contributed by atoms with E-state index in [4.69, 9.17) is 17.3 Å². The summed E-state index contributed by atoms with van der Waals surface area (Å²) in [5.41, 5.74) is 5.42. The summed E-state index contributed by atoms with van der Waals surface area (Å²) in [7, 11) is -3.81. The molecule has 102 valence electrons. The Bertz CT molecular complexity index is 528. The standard InChI is InChI=1S/C10H11ClF3NO2S/c11-7-2-3-9(8(15)6-7)18(16,17)5-1-4-10(12,13)14/h2-3,6H,1,4-5,15H2. The highest BCUT2D eigenvalue weighted by atomic mass is 35.5. The highest BCUT2D eigenvalue weighted by Gasteiger charge is 2.28. The molecule has 0 spiro atoms. The first-order valence-corrected chi connectivity index (χ1v) is 6.99. The summed E-state index contributed by atoms with van der Waals surface area (Å²) < 4.78 is 59.3. The van der Waals surface area contributed by atoms with Crippen LogP contribution >= 0.6 is 11.6 Å². The molecular formula is C10H11ClF3NO2S. The first-order valence-electron chi connectivity index (χ1n) is 4.96. The van der Waals surface area contributed by atoms with E-state index in [1.165, 1.54) is 18.2 Å². The predicted octanol–water partition coefficient (Wildman–Crippen LogP) is 3.04. The zero-order chi connectivity index (χ0) is 14.0. The Balaban J connectivity index is 2.81. The number of nitrogen functional groups attached to an aromatic ring is 1. The number of benzene rings is 1. The maximum absolute atomic E-state index is 11.9. The lowest BCUT2D eigenvalue weighted by molar-refractivity contribution is -0.134. The van der Waals surface area contributed by atoms with Crippen LogP contribution in [0, 0.1) is 0 Å². The van der Waals surface area contributed by atoms with Gasteiger partial charge in [-0.15, -0.1) is 0 Å². The molecule has 0 aliphatic rings. The third kappa shape index (κ3) is 4.38. The topological polar surface area (TPSA) is 60.2 Å². The van der Waals surface area contributed by atoms with Crippen LogP contribution in [0.2, 0.25) is 5.02 Å². The van der Waals surface area contributed by atoms with Crippen molar-refractivity contribution in [1.29, 1.82) is 0 Å². The van der Waals surface area contributed by atoms with E-state index in [1.54, 1.807) is 0 Å². The van der Waals surface area contributed by atoms with Gasteiger partial charge in [-0.1, -0.05) is 11.6 Å². The number of hydrogen-bond acceptors (Lipinski definition) is 3. The van der Waals surface area contributed by atoms with Gasteiger partial charge in [0, 0.05) is 11.4 Å². The van der Waals surface area contributed by atoms with E-state index in [-0.39, 0.29) is 15.6 Å². The minimum atomic E-state index is -4.36. The molecule has 0 radical (unpaired) electrons. The minimum Gasteiger partial charge on any atom is -0.398 e. The maximum Gasteiger partial charge on any atom is 0.389 e. The van der Waals surface area contributed by atoms with Crippen LogP contribution < -0.4 is 5.73 Å². The van der Waals surface area contributed by atoms with Crippen LogP contribution in [0.1, 0.15) is 12.8 Å².